The molecule has 18 heavy (non-hydrogen) atoms. The Morgan fingerprint density at radius 2 is 2.06 bits per heavy atom. The Morgan fingerprint density at radius 1 is 1.22 bits per heavy atom. The molecule has 0 spiro atoms. The second kappa shape index (κ2) is 5.63. The number of ether oxygens (including phenoxy) is 1. The Labute approximate surface area is 108 Å². The topological polar surface area (TPSA) is 34.4 Å². The van der Waals surface area contributed by atoms with E-state index in [0.29, 0.717) is 6.61 Å². The fourth-order valence-electron chi connectivity index (χ4n) is 1.94. The minimum atomic E-state index is 0.458. The molecule has 2 rings (SSSR count). The van der Waals surface area contributed by atoms with E-state index in [2.05, 4.69) is 18.3 Å². The van der Waals surface area contributed by atoms with Crippen LogP contribution < -0.4 is 10.1 Å². The number of anilines is 1. The average Bonchev–Trinajstić information content (AvgIpc) is 2.81. The van der Waals surface area contributed by atoms with Crippen molar-refractivity contribution in [3.63, 3.8) is 0 Å². The normalized spacial score (nSPS) is 10.4. The quantitative estimate of drug-likeness (QED) is 0.870. The molecule has 0 atom stereocenters. The first kappa shape index (κ1) is 12.6. The summed E-state index contributed by atoms with van der Waals surface area (Å²) in [5.74, 6) is 2.67. The number of para-hydroxylation sites is 1. The minimum absolute atomic E-state index is 0.458. The van der Waals surface area contributed by atoms with Crippen molar-refractivity contribution in [2.75, 3.05) is 12.4 Å². The van der Waals surface area contributed by atoms with Crippen LogP contribution in [0.1, 0.15) is 24.0 Å². The summed E-state index contributed by atoms with van der Waals surface area (Å²) in [7, 11) is 1.90. The zero-order valence-corrected chi connectivity index (χ0v) is 11.1. The molecule has 3 heteroatoms. The van der Waals surface area contributed by atoms with Gasteiger partial charge in [-0.3, -0.25) is 0 Å². The molecule has 0 bridgehead atoms. The van der Waals surface area contributed by atoms with Gasteiger partial charge in [0.05, 0.1) is 5.69 Å². The van der Waals surface area contributed by atoms with Crippen LogP contribution in [-0.4, -0.2) is 7.05 Å². The molecule has 0 aliphatic carbocycles. The molecule has 0 aliphatic heterocycles. The Balaban J connectivity index is 2.17. The summed E-state index contributed by atoms with van der Waals surface area (Å²) in [5, 5.41) is 3.16. The third kappa shape index (κ3) is 2.67. The van der Waals surface area contributed by atoms with E-state index in [4.69, 9.17) is 9.15 Å². The van der Waals surface area contributed by atoms with Crippen molar-refractivity contribution < 1.29 is 9.15 Å². The third-order valence-electron chi connectivity index (χ3n) is 2.90. The van der Waals surface area contributed by atoms with E-state index in [1.807, 2.05) is 38.2 Å². The largest absolute Gasteiger partial charge is 0.483 e. The van der Waals surface area contributed by atoms with Gasteiger partial charge >= 0.3 is 0 Å². The highest BCUT2D eigenvalue weighted by atomic mass is 16.5. The van der Waals surface area contributed by atoms with Crippen LogP contribution in [0.2, 0.25) is 0 Å². The molecule has 1 aromatic carbocycles. The molecular formula is C15H19NO2. The maximum absolute atomic E-state index is 5.89. The first-order valence-corrected chi connectivity index (χ1v) is 6.22. The molecule has 2 aromatic rings. The first-order valence-electron chi connectivity index (χ1n) is 6.22. The van der Waals surface area contributed by atoms with Gasteiger partial charge in [0.15, 0.2) is 0 Å². The molecule has 0 radical (unpaired) electrons. The Bertz CT molecular complexity index is 495. The van der Waals surface area contributed by atoms with Crippen LogP contribution in [0.4, 0.5) is 5.69 Å². The van der Waals surface area contributed by atoms with Crippen LogP contribution in [0.5, 0.6) is 5.75 Å². The molecule has 0 unspecified atom stereocenters. The number of hydrogen-bond acceptors (Lipinski definition) is 3. The van der Waals surface area contributed by atoms with E-state index in [0.717, 1.165) is 29.4 Å². The minimum Gasteiger partial charge on any atom is -0.483 e. The molecule has 96 valence electrons. The van der Waals surface area contributed by atoms with Crippen molar-refractivity contribution in [3.8, 4) is 5.75 Å². The van der Waals surface area contributed by atoms with E-state index in [-0.39, 0.29) is 0 Å². The maximum Gasteiger partial charge on any atom is 0.146 e. The Hall–Kier alpha value is -1.90. The molecular weight excluding hydrogens is 226 g/mol. The van der Waals surface area contributed by atoms with Crippen LogP contribution in [0.25, 0.3) is 0 Å². The SMILES string of the molecule is CCc1cccc(NC)c1OCc1ccc(C)o1. The van der Waals surface area contributed by atoms with Gasteiger partial charge in [0.2, 0.25) is 0 Å². The second-order valence-corrected chi connectivity index (χ2v) is 4.20. The predicted octanol–water partition coefficient (Wildman–Crippen LogP) is 3.77. The van der Waals surface area contributed by atoms with Gasteiger partial charge in [-0.05, 0) is 37.1 Å². The fraction of sp³-hybridized carbons (Fsp3) is 0.333. The molecule has 0 saturated carbocycles. The Morgan fingerprint density at radius 3 is 2.67 bits per heavy atom. The highest BCUT2D eigenvalue weighted by Crippen LogP contribution is 2.30. The Kier molecular flexibility index (Phi) is 3.92. The summed E-state index contributed by atoms with van der Waals surface area (Å²) in [6.45, 7) is 4.51. The number of nitrogens with one attached hydrogen (secondary N) is 1. The monoisotopic (exact) mass is 245 g/mol. The van der Waals surface area contributed by atoms with Gasteiger partial charge < -0.3 is 14.5 Å². The summed E-state index contributed by atoms with van der Waals surface area (Å²) in [5.41, 5.74) is 2.21. The van der Waals surface area contributed by atoms with Crippen molar-refractivity contribution in [3.05, 3.63) is 47.4 Å². The number of rotatable bonds is 5. The molecule has 1 aromatic heterocycles. The summed E-state index contributed by atoms with van der Waals surface area (Å²) in [6.07, 6.45) is 0.946. The van der Waals surface area contributed by atoms with E-state index >= 15 is 0 Å². The first-order chi connectivity index (χ1) is 8.74. The van der Waals surface area contributed by atoms with Crippen LogP contribution in [0.3, 0.4) is 0 Å². The van der Waals surface area contributed by atoms with Crippen molar-refractivity contribution in [2.24, 2.45) is 0 Å². The van der Waals surface area contributed by atoms with E-state index in [1.165, 1.54) is 5.56 Å². The lowest BCUT2D eigenvalue weighted by Gasteiger charge is -2.14. The molecule has 1 heterocycles. The van der Waals surface area contributed by atoms with Crippen LogP contribution in [-0.2, 0) is 13.0 Å². The van der Waals surface area contributed by atoms with Gasteiger partial charge in [-0.25, -0.2) is 0 Å². The van der Waals surface area contributed by atoms with Crippen LogP contribution in [0.15, 0.2) is 34.7 Å². The summed E-state index contributed by atoms with van der Waals surface area (Å²) < 4.78 is 11.4. The van der Waals surface area contributed by atoms with Gasteiger partial charge in [-0.15, -0.1) is 0 Å². The van der Waals surface area contributed by atoms with Gasteiger partial charge in [-0.1, -0.05) is 19.1 Å². The van der Waals surface area contributed by atoms with Crippen LogP contribution >= 0.6 is 0 Å². The van der Waals surface area contributed by atoms with Gasteiger partial charge in [0.25, 0.3) is 0 Å². The zero-order chi connectivity index (χ0) is 13.0. The lowest BCUT2D eigenvalue weighted by atomic mass is 10.1. The number of benzene rings is 1. The second-order valence-electron chi connectivity index (χ2n) is 4.20. The van der Waals surface area contributed by atoms with Crippen molar-refractivity contribution >= 4 is 5.69 Å². The maximum atomic E-state index is 5.89. The summed E-state index contributed by atoms with van der Waals surface area (Å²) >= 11 is 0. The highest BCUT2D eigenvalue weighted by molar-refractivity contribution is 5.59. The molecule has 0 aliphatic rings. The van der Waals surface area contributed by atoms with E-state index in [9.17, 15) is 0 Å². The third-order valence-corrected chi connectivity index (χ3v) is 2.90. The highest BCUT2D eigenvalue weighted by Gasteiger charge is 2.08. The number of hydrogen-bond donors (Lipinski definition) is 1. The zero-order valence-electron chi connectivity index (χ0n) is 11.1. The van der Waals surface area contributed by atoms with Crippen LogP contribution in [0, 0.1) is 6.92 Å². The van der Waals surface area contributed by atoms with Gasteiger partial charge in [-0.2, -0.15) is 0 Å². The van der Waals surface area contributed by atoms with Gasteiger partial charge in [0.1, 0.15) is 23.9 Å². The van der Waals surface area contributed by atoms with E-state index in [1.54, 1.807) is 0 Å². The number of furan rings is 1. The molecule has 0 amide bonds. The smallest absolute Gasteiger partial charge is 0.146 e. The molecule has 0 saturated heterocycles. The molecule has 3 nitrogen and oxygen atoms in total. The lowest BCUT2D eigenvalue weighted by Crippen LogP contribution is -2.01. The average molecular weight is 245 g/mol. The summed E-state index contributed by atoms with van der Waals surface area (Å²) in [4.78, 5) is 0. The molecule has 0 fully saturated rings. The van der Waals surface area contributed by atoms with Gasteiger partial charge in [0, 0.05) is 7.05 Å². The fourth-order valence-corrected chi connectivity index (χ4v) is 1.94. The van der Waals surface area contributed by atoms with Crippen molar-refractivity contribution in [1.82, 2.24) is 0 Å². The standard InChI is InChI=1S/C15H19NO2/c1-4-12-6-5-7-14(16-3)15(12)17-10-13-9-8-11(2)18-13/h5-9,16H,4,10H2,1-3H3. The number of aryl methyl sites for hydroxylation is 2. The summed E-state index contributed by atoms with van der Waals surface area (Å²) in [6, 6.07) is 10.0. The molecule has 1 N–H and O–H groups in total. The van der Waals surface area contributed by atoms with Crippen molar-refractivity contribution in [1.29, 1.82) is 0 Å². The lowest BCUT2D eigenvalue weighted by molar-refractivity contribution is 0.266. The van der Waals surface area contributed by atoms with Crippen molar-refractivity contribution in [2.45, 2.75) is 26.9 Å². The van der Waals surface area contributed by atoms with E-state index < -0.39 is 0 Å². The predicted molar refractivity (Wildman–Crippen MR) is 73.1 cm³/mol.